The molecule has 0 bridgehead atoms. The molecule has 3 rings (SSSR count). The Morgan fingerprint density at radius 3 is 2.91 bits per heavy atom. The SMILES string of the molecule is Cc1cnn([C@H]2CCCN(C(=O)c3ccnc(N(C)C)c3)C2)c1. The average Bonchev–Trinajstić information content (AvgIpc) is 3.01. The zero-order chi connectivity index (χ0) is 16.4. The Bertz CT molecular complexity index is 694. The highest BCUT2D eigenvalue weighted by Crippen LogP contribution is 2.23. The quantitative estimate of drug-likeness (QED) is 0.871. The molecular weight excluding hydrogens is 290 g/mol. The molecule has 1 saturated heterocycles. The number of piperidine rings is 1. The molecule has 2 aromatic heterocycles. The fourth-order valence-electron chi connectivity index (χ4n) is 2.97. The van der Waals surface area contributed by atoms with Gasteiger partial charge in [-0.05, 0) is 37.5 Å². The van der Waals surface area contributed by atoms with Gasteiger partial charge in [0, 0.05) is 45.1 Å². The minimum atomic E-state index is 0.0732. The molecule has 0 saturated carbocycles. The van der Waals surface area contributed by atoms with Crippen molar-refractivity contribution in [2.24, 2.45) is 0 Å². The van der Waals surface area contributed by atoms with Crippen LogP contribution in [0.3, 0.4) is 0 Å². The lowest BCUT2D eigenvalue weighted by Gasteiger charge is -2.33. The Hall–Kier alpha value is -2.37. The van der Waals surface area contributed by atoms with Gasteiger partial charge >= 0.3 is 0 Å². The van der Waals surface area contributed by atoms with Crippen LogP contribution in [0, 0.1) is 6.92 Å². The molecule has 2 aromatic rings. The van der Waals surface area contributed by atoms with Gasteiger partial charge in [-0.2, -0.15) is 5.10 Å². The third-order valence-corrected chi connectivity index (χ3v) is 4.24. The summed E-state index contributed by atoms with van der Waals surface area (Å²) in [5.74, 6) is 0.871. The fraction of sp³-hybridized carbons (Fsp3) is 0.471. The minimum Gasteiger partial charge on any atom is -0.363 e. The van der Waals surface area contributed by atoms with Gasteiger partial charge in [0.15, 0.2) is 0 Å². The Balaban J connectivity index is 1.75. The third kappa shape index (κ3) is 3.36. The lowest BCUT2D eigenvalue weighted by molar-refractivity contribution is 0.0673. The number of rotatable bonds is 3. The van der Waals surface area contributed by atoms with Crippen molar-refractivity contribution in [1.82, 2.24) is 19.7 Å². The van der Waals surface area contributed by atoms with Crippen LogP contribution in [-0.2, 0) is 0 Å². The second kappa shape index (κ2) is 6.40. The van der Waals surface area contributed by atoms with Crippen LogP contribution in [0.4, 0.5) is 5.82 Å². The van der Waals surface area contributed by atoms with Crippen molar-refractivity contribution in [3.05, 3.63) is 41.9 Å². The van der Waals surface area contributed by atoms with E-state index in [9.17, 15) is 4.79 Å². The first-order valence-corrected chi connectivity index (χ1v) is 7.98. The van der Waals surface area contributed by atoms with Crippen molar-refractivity contribution < 1.29 is 4.79 Å². The molecule has 6 nitrogen and oxygen atoms in total. The van der Waals surface area contributed by atoms with Gasteiger partial charge in [-0.3, -0.25) is 9.48 Å². The number of anilines is 1. The van der Waals surface area contributed by atoms with Gasteiger partial charge in [0.05, 0.1) is 12.2 Å². The molecule has 1 atom stereocenters. The number of carbonyl (C=O) groups is 1. The van der Waals surface area contributed by atoms with E-state index in [0.717, 1.165) is 30.8 Å². The van der Waals surface area contributed by atoms with Crippen LogP contribution < -0.4 is 4.90 Å². The van der Waals surface area contributed by atoms with Crippen LogP contribution in [0.5, 0.6) is 0 Å². The first kappa shape index (κ1) is 15.5. The molecule has 6 heteroatoms. The number of carbonyl (C=O) groups excluding carboxylic acids is 1. The van der Waals surface area contributed by atoms with Gasteiger partial charge in [0.2, 0.25) is 0 Å². The fourth-order valence-corrected chi connectivity index (χ4v) is 2.97. The topological polar surface area (TPSA) is 54.3 Å². The van der Waals surface area contributed by atoms with E-state index in [1.165, 1.54) is 0 Å². The largest absolute Gasteiger partial charge is 0.363 e. The molecule has 1 aliphatic heterocycles. The lowest BCUT2D eigenvalue weighted by Crippen LogP contribution is -2.40. The number of aryl methyl sites for hydroxylation is 1. The molecule has 0 N–H and O–H groups in total. The summed E-state index contributed by atoms with van der Waals surface area (Å²) in [4.78, 5) is 20.9. The maximum absolute atomic E-state index is 12.8. The molecular formula is C17H23N5O. The monoisotopic (exact) mass is 313 g/mol. The molecule has 1 fully saturated rings. The molecule has 0 radical (unpaired) electrons. The van der Waals surface area contributed by atoms with E-state index in [0.29, 0.717) is 12.1 Å². The second-order valence-corrected chi connectivity index (χ2v) is 6.34. The molecule has 0 aliphatic carbocycles. The Morgan fingerprint density at radius 1 is 1.39 bits per heavy atom. The van der Waals surface area contributed by atoms with Crippen LogP contribution in [0.2, 0.25) is 0 Å². The van der Waals surface area contributed by atoms with Gasteiger partial charge in [-0.25, -0.2) is 4.98 Å². The number of hydrogen-bond acceptors (Lipinski definition) is 4. The molecule has 1 amide bonds. The van der Waals surface area contributed by atoms with Crippen molar-refractivity contribution >= 4 is 11.7 Å². The average molecular weight is 313 g/mol. The first-order valence-electron chi connectivity index (χ1n) is 7.98. The van der Waals surface area contributed by atoms with Crippen molar-refractivity contribution in [2.75, 3.05) is 32.1 Å². The van der Waals surface area contributed by atoms with E-state index in [4.69, 9.17) is 0 Å². The summed E-state index contributed by atoms with van der Waals surface area (Å²) in [6.45, 7) is 3.55. The van der Waals surface area contributed by atoms with Crippen LogP contribution in [0.1, 0.15) is 34.8 Å². The van der Waals surface area contributed by atoms with E-state index in [2.05, 4.69) is 16.3 Å². The summed E-state index contributed by atoms with van der Waals surface area (Å²) in [7, 11) is 3.85. The Labute approximate surface area is 136 Å². The molecule has 1 aliphatic rings. The number of pyridine rings is 1. The van der Waals surface area contributed by atoms with E-state index in [1.54, 1.807) is 12.3 Å². The number of aromatic nitrogens is 3. The van der Waals surface area contributed by atoms with Crippen molar-refractivity contribution in [3.63, 3.8) is 0 Å². The highest BCUT2D eigenvalue weighted by atomic mass is 16.2. The zero-order valence-electron chi connectivity index (χ0n) is 13.9. The normalized spacial score (nSPS) is 18.0. The van der Waals surface area contributed by atoms with Crippen LogP contribution in [0.25, 0.3) is 0 Å². The standard InChI is InChI=1S/C17H23N5O/c1-13-10-19-22(11-13)15-5-4-8-21(12-15)17(23)14-6-7-18-16(9-14)20(2)3/h6-7,9-11,15H,4-5,8,12H2,1-3H3/t15-/m0/s1. The smallest absolute Gasteiger partial charge is 0.254 e. The molecule has 0 unspecified atom stereocenters. The summed E-state index contributed by atoms with van der Waals surface area (Å²) in [6, 6.07) is 3.90. The van der Waals surface area contributed by atoms with Crippen molar-refractivity contribution in [1.29, 1.82) is 0 Å². The predicted molar refractivity (Wildman–Crippen MR) is 89.7 cm³/mol. The van der Waals surface area contributed by atoms with Gasteiger partial charge in [-0.15, -0.1) is 0 Å². The summed E-state index contributed by atoms with van der Waals surface area (Å²) in [6.07, 6.45) is 7.67. The maximum atomic E-state index is 12.8. The summed E-state index contributed by atoms with van der Waals surface area (Å²) < 4.78 is 1.99. The molecule has 0 spiro atoms. The van der Waals surface area contributed by atoms with Gasteiger partial charge in [0.1, 0.15) is 5.82 Å². The summed E-state index contributed by atoms with van der Waals surface area (Å²) >= 11 is 0. The van der Waals surface area contributed by atoms with Crippen molar-refractivity contribution in [2.45, 2.75) is 25.8 Å². The number of amides is 1. The van der Waals surface area contributed by atoms with Gasteiger partial charge in [-0.1, -0.05) is 0 Å². The van der Waals surface area contributed by atoms with Crippen LogP contribution in [0.15, 0.2) is 30.7 Å². The lowest BCUT2D eigenvalue weighted by atomic mass is 10.0. The number of nitrogens with zero attached hydrogens (tertiary/aromatic N) is 5. The van der Waals surface area contributed by atoms with Gasteiger partial charge in [0.25, 0.3) is 5.91 Å². The van der Waals surface area contributed by atoms with E-state index in [1.807, 2.05) is 47.8 Å². The maximum Gasteiger partial charge on any atom is 0.254 e. The van der Waals surface area contributed by atoms with E-state index in [-0.39, 0.29) is 11.9 Å². The predicted octanol–water partition coefficient (Wildman–Crippen LogP) is 2.13. The van der Waals surface area contributed by atoms with Crippen LogP contribution in [-0.4, -0.2) is 52.8 Å². The van der Waals surface area contributed by atoms with E-state index < -0.39 is 0 Å². The van der Waals surface area contributed by atoms with Gasteiger partial charge < -0.3 is 9.80 Å². The molecule has 122 valence electrons. The highest BCUT2D eigenvalue weighted by Gasteiger charge is 2.26. The summed E-state index contributed by atoms with van der Waals surface area (Å²) in [5.41, 5.74) is 1.85. The Morgan fingerprint density at radius 2 is 2.22 bits per heavy atom. The number of likely N-dealkylation sites (tertiary alicyclic amines) is 1. The van der Waals surface area contributed by atoms with E-state index >= 15 is 0 Å². The zero-order valence-corrected chi connectivity index (χ0v) is 13.9. The summed E-state index contributed by atoms with van der Waals surface area (Å²) in [5, 5.41) is 4.41. The second-order valence-electron chi connectivity index (χ2n) is 6.34. The highest BCUT2D eigenvalue weighted by molar-refractivity contribution is 5.94. The molecule has 3 heterocycles. The van der Waals surface area contributed by atoms with Crippen molar-refractivity contribution in [3.8, 4) is 0 Å². The first-order chi connectivity index (χ1) is 11.0. The third-order valence-electron chi connectivity index (χ3n) is 4.24. The Kier molecular flexibility index (Phi) is 4.32. The minimum absolute atomic E-state index is 0.0732. The molecule has 23 heavy (non-hydrogen) atoms. The molecule has 0 aromatic carbocycles. The number of hydrogen-bond donors (Lipinski definition) is 0. The van der Waals surface area contributed by atoms with Crippen LogP contribution >= 0.6 is 0 Å².